The minimum atomic E-state index is -0.839. The number of nitrogens with zero attached hydrogens (tertiary/aromatic N) is 3. The smallest absolute Gasteiger partial charge is 0.200 e. The minimum absolute atomic E-state index is 0.201. The standard InChI is InChI=1S/C10H18N6/c1-3-4-7(2)10(12)14-8(11)9-13-5-6-16(9)15-10/h5-7,15H,3-4,12H2,1-2H3,(H2,11,14). The predicted molar refractivity (Wildman–Crippen MR) is 63.3 cm³/mol. The van der Waals surface area contributed by atoms with E-state index in [0.29, 0.717) is 11.7 Å². The van der Waals surface area contributed by atoms with Crippen LogP contribution in [0.15, 0.2) is 17.4 Å². The fraction of sp³-hybridized carbons (Fsp3) is 0.600. The fourth-order valence-corrected chi connectivity index (χ4v) is 1.92. The molecule has 0 radical (unpaired) electrons. The molecule has 1 aliphatic heterocycles. The summed E-state index contributed by atoms with van der Waals surface area (Å²) in [6, 6.07) is 0. The van der Waals surface area contributed by atoms with E-state index >= 15 is 0 Å². The molecule has 0 aromatic carbocycles. The van der Waals surface area contributed by atoms with Crippen LogP contribution in [0.1, 0.15) is 32.5 Å². The van der Waals surface area contributed by atoms with Gasteiger partial charge in [0.15, 0.2) is 11.7 Å². The van der Waals surface area contributed by atoms with Crippen LogP contribution in [0.3, 0.4) is 0 Å². The first-order chi connectivity index (χ1) is 7.57. The molecule has 0 spiro atoms. The monoisotopic (exact) mass is 222 g/mol. The lowest BCUT2D eigenvalue weighted by Crippen LogP contribution is -2.58. The molecule has 0 fully saturated rings. The fourth-order valence-electron chi connectivity index (χ4n) is 1.92. The van der Waals surface area contributed by atoms with E-state index in [9.17, 15) is 0 Å². The summed E-state index contributed by atoms with van der Waals surface area (Å²) < 4.78 is 1.73. The molecule has 5 N–H and O–H groups in total. The van der Waals surface area contributed by atoms with E-state index in [1.165, 1.54) is 0 Å². The van der Waals surface area contributed by atoms with Crippen molar-refractivity contribution in [1.29, 1.82) is 0 Å². The highest BCUT2D eigenvalue weighted by Crippen LogP contribution is 2.23. The van der Waals surface area contributed by atoms with Gasteiger partial charge in [0.05, 0.1) is 0 Å². The van der Waals surface area contributed by atoms with Crippen molar-refractivity contribution in [1.82, 2.24) is 9.66 Å². The summed E-state index contributed by atoms with van der Waals surface area (Å²) in [6.07, 6.45) is 5.51. The van der Waals surface area contributed by atoms with Crippen molar-refractivity contribution >= 4 is 5.84 Å². The Bertz CT molecular complexity index is 409. The number of hydrogen-bond donors (Lipinski definition) is 3. The number of rotatable bonds is 3. The molecule has 0 bridgehead atoms. The van der Waals surface area contributed by atoms with Crippen molar-refractivity contribution in [2.45, 2.75) is 32.5 Å². The molecule has 1 aromatic rings. The third-order valence-electron chi connectivity index (χ3n) is 2.95. The molecule has 1 aliphatic rings. The Balaban J connectivity index is 2.30. The van der Waals surface area contributed by atoms with Crippen molar-refractivity contribution in [2.24, 2.45) is 22.4 Å². The highest BCUT2D eigenvalue weighted by molar-refractivity contribution is 5.95. The van der Waals surface area contributed by atoms with Gasteiger partial charge in [-0.05, 0) is 6.42 Å². The van der Waals surface area contributed by atoms with E-state index < -0.39 is 5.79 Å². The van der Waals surface area contributed by atoms with Crippen LogP contribution in [0.2, 0.25) is 0 Å². The van der Waals surface area contributed by atoms with Crippen molar-refractivity contribution in [3.05, 3.63) is 18.2 Å². The van der Waals surface area contributed by atoms with Gasteiger partial charge in [-0.15, -0.1) is 0 Å². The Morgan fingerprint density at radius 1 is 1.62 bits per heavy atom. The summed E-state index contributed by atoms with van der Waals surface area (Å²) in [5.41, 5.74) is 15.2. The van der Waals surface area contributed by atoms with Crippen LogP contribution in [0.4, 0.5) is 0 Å². The van der Waals surface area contributed by atoms with Gasteiger partial charge >= 0.3 is 0 Å². The van der Waals surface area contributed by atoms with Crippen LogP contribution in [0.25, 0.3) is 0 Å². The zero-order valence-corrected chi connectivity index (χ0v) is 9.64. The molecule has 6 heteroatoms. The van der Waals surface area contributed by atoms with E-state index in [1.54, 1.807) is 17.1 Å². The van der Waals surface area contributed by atoms with Crippen molar-refractivity contribution < 1.29 is 0 Å². The quantitative estimate of drug-likeness (QED) is 0.680. The largest absolute Gasteiger partial charge is 0.381 e. The number of amidine groups is 1. The van der Waals surface area contributed by atoms with Gasteiger partial charge in [-0.2, -0.15) is 0 Å². The number of aliphatic imine (C=N–C) groups is 1. The summed E-state index contributed by atoms with van der Waals surface area (Å²) in [6.45, 7) is 4.19. The number of nitrogens with one attached hydrogen (secondary N) is 1. The number of hydrogen-bond acceptors (Lipinski definition) is 5. The van der Waals surface area contributed by atoms with Crippen LogP contribution in [-0.2, 0) is 0 Å². The molecular weight excluding hydrogens is 204 g/mol. The Morgan fingerprint density at radius 3 is 3.06 bits per heavy atom. The summed E-state index contributed by atoms with van der Waals surface area (Å²) in [7, 11) is 0. The highest BCUT2D eigenvalue weighted by Gasteiger charge is 2.35. The van der Waals surface area contributed by atoms with Gasteiger partial charge in [-0.25, -0.2) is 14.7 Å². The van der Waals surface area contributed by atoms with Gasteiger partial charge in [0.2, 0.25) is 5.79 Å². The van der Waals surface area contributed by atoms with E-state index in [4.69, 9.17) is 11.5 Å². The van der Waals surface area contributed by atoms with E-state index in [0.717, 1.165) is 12.8 Å². The van der Waals surface area contributed by atoms with Crippen LogP contribution in [0.5, 0.6) is 0 Å². The average Bonchev–Trinajstić information content (AvgIpc) is 2.66. The second-order valence-corrected chi connectivity index (χ2v) is 4.24. The number of imidazole rings is 1. The Hall–Kier alpha value is -1.56. The lowest BCUT2D eigenvalue weighted by Gasteiger charge is -2.36. The second-order valence-electron chi connectivity index (χ2n) is 4.24. The van der Waals surface area contributed by atoms with Crippen LogP contribution in [-0.4, -0.2) is 21.3 Å². The van der Waals surface area contributed by atoms with E-state index in [2.05, 4.69) is 29.2 Å². The molecular formula is C10H18N6. The van der Waals surface area contributed by atoms with Crippen molar-refractivity contribution in [3.8, 4) is 0 Å². The normalized spacial score (nSPS) is 25.6. The van der Waals surface area contributed by atoms with Gasteiger partial charge in [0.1, 0.15) is 0 Å². The van der Waals surface area contributed by atoms with Crippen LogP contribution < -0.4 is 16.9 Å². The maximum Gasteiger partial charge on any atom is 0.200 e. The van der Waals surface area contributed by atoms with Crippen LogP contribution >= 0.6 is 0 Å². The lowest BCUT2D eigenvalue weighted by molar-refractivity contribution is 0.291. The highest BCUT2D eigenvalue weighted by atomic mass is 15.6. The maximum atomic E-state index is 6.23. The molecule has 2 atom stereocenters. The molecule has 2 heterocycles. The molecule has 0 amide bonds. The maximum absolute atomic E-state index is 6.23. The summed E-state index contributed by atoms with van der Waals surface area (Å²) >= 11 is 0. The third kappa shape index (κ3) is 1.65. The Labute approximate surface area is 94.7 Å². The number of nitrogens with two attached hydrogens (primary N) is 2. The summed E-state index contributed by atoms with van der Waals surface area (Å²) in [5, 5.41) is 0. The summed E-state index contributed by atoms with van der Waals surface area (Å²) in [5.74, 6) is 0.360. The molecule has 88 valence electrons. The minimum Gasteiger partial charge on any atom is -0.381 e. The molecule has 0 saturated heterocycles. The molecule has 0 aliphatic carbocycles. The molecule has 16 heavy (non-hydrogen) atoms. The van der Waals surface area contributed by atoms with E-state index in [-0.39, 0.29) is 5.92 Å². The van der Waals surface area contributed by atoms with Gasteiger partial charge in [0.25, 0.3) is 0 Å². The number of aromatic nitrogens is 2. The van der Waals surface area contributed by atoms with Gasteiger partial charge in [-0.1, -0.05) is 20.3 Å². The molecule has 6 nitrogen and oxygen atoms in total. The van der Waals surface area contributed by atoms with Gasteiger partial charge in [0, 0.05) is 18.3 Å². The van der Waals surface area contributed by atoms with Gasteiger partial charge < -0.3 is 5.73 Å². The summed E-state index contributed by atoms with van der Waals surface area (Å²) in [4.78, 5) is 8.42. The molecule has 0 saturated carbocycles. The predicted octanol–water partition coefficient (Wildman–Crippen LogP) is 0.194. The first-order valence-electron chi connectivity index (χ1n) is 5.53. The zero-order valence-electron chi connectivity index (χ0n) is 9.64. The van der Waals surface area contributed by atoms with Gasteiger partial charge in [-0.3, -0.25) is 11.2 Å². The van der Waals surface area contributed by atoms with Crippen molar-refractivity contribution in [3.63, 3.8) is 0 Å². The molecule has 2 rings (SSSR count). The first-order valence-corrected chi connectivity index (χ1v) is 5.53. The SMILES string of the molecule is CCCC(C)C1(N)N=C(N)c2nccn2N1. The van der Waals surface area contributed by atoms with Crippen LogP contribution in [0, 0.1) is 5.92 Å². The van der Waals surface area contributed by atoms with E-state index in [1.807, 2.05) is 0 Å². The lowest BCUT2D eigenvalue weighted by atomic mass is 9.98. The van der Waals surface area contributed by atoms with Crippen molar-refractivity contribution in [2.75, 3.05) is 5.43 Å². The Morgan fingerprint density at radius 2 is 2.38 bits per heavy atom. The Kier molecular flexibility index (Phi) is 2.59. The average molecular weight is 222 g/mol. The zero-order chi connectivity index (χ0) is 11.8. The second kappa shape index (κ2) is 3.79. The molecule has 2 unspecified atom stereocenters. The topological polar surface area (TPSA) is 94.2 Å². The number of fused-ring (bicyclic) bond motifs is 1. The molecule has 1 aromatic heterocycles. The first kappa shape index (κ1) is 10.9. The third-order valence-corrected chi connectivity index (χ3v) is 2.95.